The Morgan fingerprint density at radius 3 is 3.00 bits per heavy atom. The van der Waals surface area contributed by atoms with Crippen molar-refractivity contribution in [1.82, 2.24) is 15.2 Å². The first-order chi connectivity index (χ1) is 8.35. The fourth-order valence-corrected chi connectivity index (χ4v) is 4.11. The third-order valence-electron chi connectivity index (χ3n) is 2.09. The SMILES string of the molecule is COc1ccc2nc(Sc3nncs3)sc2c1. The second-order valence-corrected chi connectivity index (χ2v) is 6.48. The molecule has 0 radical (unpaired) electrons. The van der Waals surface area contributed by atoms with Gasteiger partial charge in [-0.1, -0.05) is 11.3 Å². The molecule has 4 nitrogen and oxygen atoms in total. The van der Waals surface area contributed by atoms with Crippen LogP contribution in [0, 0.1) is 0 Å². The molecule has 0 fully saturated rings. The van der Waals surface area contributed by atoms with Gasteiger partial charge in [-0.15, -0.1) is 21.5 Å². The molecule has 0 atom stereocenters. The summed E-state index contributed by atoms with van der Waals surface area (Å²) < 4.78 is 8.20. The van der Waals surface area contributed by atoms with Gasteiger partial charge in [-0.3, -0.25) is 0 Å². The Labute approximate surface area is 110 Å². The quantitative estimate of drug-likeness (QED) is 0.737. The highest BCUT2D eigenvalue weighted by Gasteiger charge is 2.08. The molecule has 0 N–H and O–H groups in total. The van der Waals surface area contributed by atoms with E-state index in [1.54, 1.807) is 35.7 Å². The number of methoxy groups -OCH3 is 1. The Morgan fingerprint density at radius 2 is 2.24 bits per heavy atom. The van der Waals surface area contributed by atoms with Crippen molar-refractivity contribution >= 4 is 44.7 Å². The topological polar surface area (TPSA) is 47.9 Å². The number of ether oxygens (including phenoxy) is 1. The van der Waals surface area contributed by atoms with E-state index in [4.69, 9.17) is 4.74 Å². The molecular formula is C10H7N3OS3. The molecular weight excluding hydrogens is 274 g/mol. The van der Waals surface area contributed by atoms with Crippen molar-refractivity contribution in [1.29, 1.82) is 0 Å². The van der Waals surface area contributed by atoms with E-state index in [0.29, 0.717) is 0 Å². The minimum Gasteiger partial charge on any atom is -0.497 e. The second kappa shape index (κ2) is 4.59. The van der Waals surface area contributed by atoms with Gasteiger partial charge in [0.1, 0.15) is 11.3 Å². The molecule has 2 heterocycles. The van der Waals surface area contributed by atoms with E-state index in [0.717, 1.165) is 24.6 Å². The molecule has 0 saturated heterocycles. The van der Waals surface area contributed by atoms with Crippen molar-refractivity contribution in [2.75, 3.05) is 7.11 Å². The highest BCUT2D eigenvalue weighted by atomic mass is 32.2. The van der Waals surface area contributed by atoms with Crippen LogP contribution in [-0.2, 0) is 0 Å². The Balaban J connectivity index is 1.96. The summed E-state index contributed by atoms with van der Waals surface area (Å²) in [7, 11) is 1.67. The van der Waals surface area contributed by atoms with Crippen LogP contribution in [0.2, 0.25) is 0 Å². The summed E-state index contributed by atoms with van der Waals surface area (Å²) in [5.41, 5.74) is 2.71. The summed E-state index contributed by atoms with van der Waals surface area (Å²) in [6.45, 7) is 0. The van der Waals surface area contributed by atoms with E-state index in [1.807, 2.05) is 18.2 Å². The number of hydrogen-bond acceptors (Lipinski definition) is 7. The van der Waals surface area contributed by atoms with Gasteiger partial charge < -0.3 is 4.74 Å². The minimum absolute atomic E-state index is 0.855. The number of fused-ring (bicyclic) bond motifs is 1. The number of thiazole rings is 1. The van der Waals surface area contributed by atoms with Crippen molar-refractivity contribution in [2.45, 2.75) is 8.68 Å². The van der Waals surface area contributed by atoms with Gasteiger partial charge in [0.05, 0.1) is 17.3 Å². The molecule has 0 amide bonds. The van der Waals surface area contributed by atoms with Gasteiger partial charge in [0.2, 0.25) is 0 Å². The molecule has 1 aromatic carbocycles. The van der Waals surface area contributed by atoms with Crippen LogP contribution < -0.4 is 4.74 Å². The minimum atomic E-state index is 0.855. The Morgan fingerprint density at radius 1 is 1.29 bits per heavy atom. The summed E-state index contributed by atoms with van der Waals surface area (Å²) in [6.07, 6.45) is 0. The molecule has 0 bridgehead atoms. The van der Waals surface area contributed by atoms with Crippen LogP contribution >= 0.6 is 34.4 Å². The van der Waals surface area contributed by atoms with Gasteiger partial charge in [-0.05, 0) is 30.0 Å². The van der Waals surface area contributed by atoms with Gasteiger partial charge in [0, 0.05) is 0 Å². The largest absolute Gasteiger partial charge is 0.497 e. The average Bonchev–Trinajstić information content (AvgIpc) is 2.96. The molecule has 0 spiro atoms. The van der Waals surface area contributed by atoms with E-state index in [2.05, 4.69) is 15.2 Å². The van der Waals surface area contributed by atoms with Crippen molar-refractivity contribution in [3.63, 3.8) is 0 Å². The molecule has 0 saturated carbocycles. The maximum atomic E-state index is 5.19. The lowest BCUT2D eigenvalue weighted by atomic mass is 10.3. The van der Waals surface area contributed by atoms with Crippen LogP contribution in [0.25, 0.3) is 10.2 Å². The maximum Gasteiger partial charge on any atom is 0.181 e. The lowest BCUT2D eigenvalue weighted by Crippen LogP contribution is -1.80. The van der Waals surface area contributed by atoms with Crippen molar-refractivity contribution < 1.29 is 4.74 Å². The van der Waals surface area contributed by atoms with E-state index < -0.39 is 0 Å². The van der Waals surface area contributed by atoms with E-state index in [-0.39, 0.29) is 0 Å². The smallest absolute Gasteiger partial charge is 0.181 e. The summed E-state index contributed by atoms with van der Waals surface area (Å²) >= 11 is 4.70. The Bertz CT molecular complexity index is 635. The summed E-state index contributed by atoms with van der Waals surface area (Å²) in [4.78, 5) is 4.53. The number of aromatic nitrogens is 3. The molecule has 2 aromatic heterocycles. The number of rotatable bonds is 3. The molecule has 17 heavy (non-hydrogen) atoms. The fraction of sp³-hybridized carbons (Fsp3) is 0.100. The maximum absolute atomic E-state index is 5.19. The van der Waals surface area contributed by atoms with Crippen LogP contribution in [0.15, 0.2) is 32.4 Å². The Kier molecular flexibility index (Phi) is 2.96. The van der Waals surface area contributed by atoms with Crippen LogP contribution in [0.4, 0.5) is 0 Å². The lowest BCUT2D eigenvalue weighted by Gasteiger charge is -1.96. The number of benzene rings is 1. The molecule has 3 aromatic rings. The number of nitrogens with zero attached hydrogens (tertiary/aromatic N) is 3. The first-order valence-electron chi connectivity index (χ1n) is 4.74. The van der Waals surface area contributed by atoms with Gasteiger partial charge in [0.15, 0.2) is 8.68 Å². The molecule has 0 aliphatic carbocycles. The predicted octanol–water partition coefficient (Wildman–Crippen LogP) is 3.31. The average molecular weight is 281 g/mol. The predicted molar refractivity (Wildman–Crippen MR) is 70.2 cm³/mol. The van der Waals surface area contributed by atoms with Crippen molar-refractivity contribution in [3.8, 4) is 5.75 Å². The van der Waals surface area contributed by atoms with Crippen LogP contribution in [0.5, 0.6) is 5.75 Å². The van der Waals surface area contributed by atoms with Gasteiger partial charge in [-0.2, -0.15) is 0 Å². The van der Waals surface area contributed by atoms with Gasteiger partial charge in [0.25, 0.3) is 0 Å². The number of hydrogen-bond donors (Lipinski definition) is 0. The van der Waals surface area contributed by atoms with Crippen LogP contribution in [0.1, 0.15) is 0 Å². The Hall–Kier alpha value is -1.18. The zero-order chi connectivity index (χ0) is 11.7. The van der Waals surface area contributed by atoms with Gasteiger partial charge in [-0.25, -0.2) is 4.98 Å². The zero-order valence-corrected chi connectivity index (χ0v) is 11.2. The zero-order valence-electron chi connectivity index (χ0n) is 8.78. The van der Waals surface area contributed by atoms with E-state index >= 15 is 0 Å². The molecule has 0 unspecified atom stereocenters. The fourth-order valence-electron chi connectivity index (χ4n) is 1.34. The van der Waals surface area contributed by atoms with Crippen LogP contribution in [-0.4, -0.2) is 22.3 Å². The standard InChI is InChI=1S/C10H7N3OS3/c1-14-6-2-3-7-8(4-6)16-9(12-7)17-10-13-11-5-15-10/h2-5H,1H3. The highest BCUT2D eigenvalue weighted by Crippen LogP contribution is 2.35. The third kappa shape index (κ3) is 2.26. The van der Waals surface area contributed by atoms with Crippen molar-refractivity contribution in [3.05, 3.63) is 23.7 Å². The summed E-state index contributed by atoms with van der Waals surface area (Å²) in [5, 5.41) is 7.79. The van der Waals surface area contributed by atoms with Crippen LogP contribution in [0.3, 0.4) is 0 Å². The van der Waals surface area contributed by atoms with Crippen molar-refractivity contribution in [2.24, 2.45) is 0 Å². The molecule has 0 aliphatic rings. The molecule has 0 aliphatic heterocycles. The molecule has 7 heteroatoms. The summed E-state index contributed by atoms with van der Waals surface area (Å²) in [6, 6.07) is 5.88. The first-order valence-corrected chi connectivity index (χ1v) is 7.25. The molecule has 86 valence electrons. The first kappa shape index (κ1) is 10.9. The lowest BCUT2D eigenvalue weighted by molar-refractivity contribution is 0.415. The van der Waals surface area contributed by atoms with E-state index in [1.165, 1.54) is 11.3 Å². The summed E-state index contributed by atoms with van der Waals surface area (Å²) in [5.74, 6) is 0.855. The molecule has 3 rings (SSSR count). The highest BCUT2D eigenvalue weighted by molar-refractivity contribution is 8.02. The third-order valence-corrected chi connectivity index (χ3v) is 4.95. The normalized spacial score (nSPS) is 10.9. The second-order valence-electron chi connectivity index (χ2n) is 3.12. The van der Waals surface area contributed by atoms with E-state index in [9.17, 15) is 0 Å². The monoisotopic (exact) mass is 281 g/mol. The van der Waals surface area contributed by atoms with Gasteiger partial charge >= 0.3 is 0 Å².